The van der Waals surface area contributed by atoms with Crippen LogP contribution in [-0.2, 0) is 20.0 Å². The molecule has 1 aliphatic rings. The van der Waals surface area contributed by atoms with Crippen molar-refractivity contribution in [1.82, 2.24) is 24.6 Å². The highest BCUT2D eigenvalue weighted by atomic mass is 32.1. The first-order chi connectivity index (χ1) is 12.3. The van der Waals surface area contributed by atoms with Crippen LogP contribution in [0.3, 0.4) is 0 Å². The molecule has 1 aromatic carbocycles. The zero-order chi connectivity index (χ0) is 17.1. The van der Waals surface area contributed by atoms with E-state index < -0.39 is 0 Å². The van der Waals surface area contributed by atoms with Crippen molar-refractivity contribution in [3.63, 3.8) is 0 Å². The number of hydrogen-bond acceptors (Lipinski definition) is 5. The lowest BCUT2D eigenvalue weighted by Gasteiger charge is -2.31. The van der Waals surface area contributed by atoms with Gasteiger partial charge in [0.05, 0.1) is 12.2 Å². The molecule has 3 aromatic rings. The first-order valence-corrected chi connectivity index (χ1v) is 9.71. The van der Waals surface area contributed by atoms with Crippen molar-refractivity contribution in [2.24, 2.45) is 13.0 Å². The number of rotatable bonds is 5. The molecule has 0 spiro atoms. The fourth-order valence-corrected chi connectivity index (χ4v) is 4.26. The molecule has 1 saturated heterocycles. The summed E-state index contributed by atoms with van der Waals surface area (Å²) in [7, 11) is 2.03. The lowest BCUT2D eigenvalue weighted by atomic mass is 9.93. The molecule has 5 nitrogen and oxygen atoms in total. The number of hydrogen-bond donors (Lipinski definition) is 0. The second-order valence-electron chi connectivity index (χ2n) is 6.77. The summed E-state index contributed by atoms with van der Waals surface area (Å²) in [6.07, 6.45) is 5.28. The Morgan fingerprint density at radius 3 is 2.68 bits per heavy atom. The molecule has 2 aromatic heterocycles. The zero-order valence-corrected chi connectivity index (χ0v) is 15.3. The summed E-state index contributed by atoms with van der Waals surface area (Å²) < 4.78 is 2.03. The van der Waals surface area contributed by atoms with Crippen LogP contribution < -0.4 is 0 Å². The molecular formula is C19H23N5S. The van der Waals surface area contributed by atoms with E-state index >= 15 is 0 Å². The summed E-state index contributed by atoms with van der Waals surface area (Å²) >= 11 is 1.77. The van der Waals surface area contributed by atoms with Crippen LogP contribution in [0.5, 0.6) is 0 Å². The van der Waals surface area contributed by atoms with Crippen molar-refractivity contribution in [2.45, 2.75) is 25.8 Å². The van der Waals surface area contributed by atoms with Crippen molar-refractivity contribution in [1.29, 1.82) is 0 Å². The van der Waals surface area contributed by atoms with E-state index in [1.54, 1.807) is 17.7 Å². The molecule has 0 N–H and O–H groups in total. The van der Waals surface area contributed by atoms with E-state index in [2.05, 4.69) is 44.7 Å². The number of aromatic nitrogens is 4. The Morgan fingerprint density at radius 2 is 1.96 bits per heavy atom. The summed E-state index contributed by atoms with van der Waals surface area (Å²) in [6, 6.07) is 10.4. The molecule has 25 heavy (non-hydrogen) atoms. The van der Waals surface area contributed by atoms with E-state index in [1.807, 2.05) is 17.7 Å². The molecule has 0 bridgehead atoms. The number of nitrogens with zero attached hydrogens (tertiary/aromatic N) is 5. The van der Waals surface area contributed by atoms with E-state index in [0.717, 1.165) is 43.5 Å². The van der Waals surface area contributed by atoms with E-state index in [4.69, 9.17) is 4.98 Å². The minimum Gasteiger partial charge on any atom is -0.321 e. The van der Waals surface area contributed by atoms with Crippen LogP contribution in [0.1, 0.15) is 23.7 Å². The third-order valence-electron chi connectivity index (χ3n) is 4.96. The van der Waals surface area contributed by atoms with Crippen LogP contribution in [0.25, 0.3) is 11.3 Å². The number of thiazole rings is 1. The van der Waals surface area contributed by atoms with Gasteiger partial charge in [0.25, 0.3) is 0 Å². The van der Waals surface area contributed by atoms with Gasteiger partial charge in [-0.25, -0.2) is 4.98 Å². The molecule has 0 amide bonds. The Bertz CT molecular complexity index is 802. The Morgan fingerprint density at radius 1 is 1.16 bits per heavy atom. The SMILES string of the molecule is Cn1cnnc1CC1CCN(Cc2nc(-c3ccccc3)cs2)CC1. The highest BCUT2D eigenvalue weighted by molar-refractivity contribution is 7.09. The first kappa shape index (κ1) is 16.4. The van der Waals surface area contributed by atoms with Crippen LogP contribution in [0.15, 0.2) is 42.0 Å². The Hall–Kier alpha value is -2.05. The van der Waals surface area contributed by atoms with Crippen LogP contribution in [-0.4, -0.2) is 37.7 Å². The van der Waals surface area contributed by atoms with Gasteiger partial charge in [0.1, 0.15) is 17.2 Å². The van der Waals surface area contributed by atoms with Gasteiger partial charge >= 0.3 is 0 Å². The fourth-order valence-electron chi connectivity index (χ4n) is 3.42. The highest BCUT2D eigenvalue weighted by Gasteiger charge is 2.21. The van der Waals surface area contributed by atoms with Crippen LogP contribution in [0.2, 0.25) is 0 Å². The largest absolute Gasteiger partial charge is 0.321 e. The molecule has 0 atom stereocenters. The summed E-state index contributed by atoms with van der Waals surface area (Å²) in [5.41, 5.74) is 2.30. The fraction of sp³-hybridized carbons (Fsp3) is 0.421. The maximum Gasteiger partial charge on any atom is 0.132 e. The number of benzene rings is 1. The number of piperidine rings is 1. The molecule has 0 saturated carbocycles. The smallest absolute Gasteiger partial charge is 0.132 e. The first-order valence-electron chi connectivity index (χ1n) is 8.83. The van der Waals surface area contributed by atoms with Gasteiger partial charge in [0, 0.05) is 24.4 Å². The molecule has 1 aliphatic heterocycles. The average Bonchev–Trinajstić information content (AvgIpc) is 3.27. The maximum absolute atomic E-state index is 4.82. The van der Waals surface area contributed by atoms with Crippen molar-refractivity contribution in [3.05, 3.63) is 52.9 Å². The van der Waals surface area contributed by atoms with E-state index in [1.165, 1.54) is 23.4 Å². The third-order valence-corrected chi connectivity index (χ3v) is 5.80. The molecule has 130 valence electrons. The van der Waals surface area contributed by atoms with E-state index in [-0.39, 0.29) is 0 Å². The van der Waals surface area contributed by atoms with Gasteiger partial charge in [0.15, 0.2) is 0 Å². The topological polar surface area (TPSA) is 46.8 Å². The standard InChI is InChI=1S/C19H23N5S/c1-23-14-20-22-18(23)11-15-7-9-24(10-8-15)12-19-21-17(13-25-19)16-5-3-2-4-6-16/h2-6,13-15H,7-12H2,1H3. The summed E-state index contributed by atoms with van der Waals surface area (Å²) in [4.78, 5) is 7.35. The van der Waals surface area contributed by atoms with Gasteiger partial charge < -0.3 is 4.57 Å². The molecule has 4 rings (SSSR count). The maximum atomic E-state index is 4.82. The van der Waals surface area contributed by atoms with Crippen molar-refractivity contribution < 1.29 is 0 Å². The molecule has 6 heteroatoms. The normalized spacial score (nSPS) is 16.4. The Kier molecular flexibility index (Phi) is 4.90. The average molecular weight is 353 g/mol. The van der Waals surface area contributed by atoms with Gasteiger partial charge in [-0.1, -0.05) is 30.3 Å². The Labute approximate surface area is 152 Å². The number of likely N-dealkylation sites (tertiary alicyclic amines) is 1. The summed E-state index contributed by atoms with van der Waals surface area (Å²) in [5, 5.41) is 11.6. The van der Waals surface area contributed by atoms with Crippen LogP contribution in [0, 0.1) is 5.92 Å². The Balaban J connectivity index is 1.30. The molecular weight excluding hydrogens is 330 g/mol. The van der Waals surface area contributed by atoms with Crippen molar-refractivity contribution in [2.75, 3.05) is 13.1 Å². The lowest BCUT2D eigenvalue weighted by molar-refractivity contribution is 0.175. The van der Waals surface area contributed by atoms with Gasteiger partial charge in [-0.2, -0.15) is 0 Å². The minimum absolute atomic E-state index is 0.718. The molecule has 0 unspecified atom stereocenters. The number of aryl methyl sites for hydroxylation is 1. The van der Waals surface area contributed by atoms with Crippen molar-refractivity contribution in [3.8, 4) is 11.3 Å². The minimum atomic E-state index is 0.718. The van der Waals surface area contributed by atoms with E-state index in [9.17, 15) is 0 Å². The molecule has 0 aliphatic carbocycles. The van der Waals surface area contributed by atoms with Crippen LogP contribution >= 0.6 is 11.3 Å². The monoisotopic (exact) mass is 353 g/mol. The third kappa shape index (κ3) is 3.96. The molecule has 0 radical (unpaired) electrons. The van der Waals surface area contributed by atoms with Gasteiger partial charge in [-0.3, -0.25) is 4.90 Å². The predicted octanol–water partition coefficient (Wildman–Crippen LogP) is 3.39. The predicted molar refractivity (Wildman–Crippen MR) is 100 cm³/mol. The second-order valence-corrected chi connectivity index (χ2v) is 7.72. The van der Waals surface area contributed by atoms with Gasteiger partial charge in [-0.15, -0.1) is 21.5 Å². The van der Waals surface area contributed by atoms with Crippen molar-refractivity contribution >= 4 is 11.3 Å². The highest BCUT2D eigenvalue weighted by Crippen LogP contribution is 2.25. The molecule has 3 heterocycles. The lowest BCUT2D eigenvalue weighted by Crippen LogP contribution is -2.34. The summed E-state index contributed by atoms with van der Waals surface area (Å²) in [6.45, 7) is 3.25. The van der Waals surface area contributed by atoms with Crippen LogP contribution in [0.4, 0.5) is 0 Å². The van der Waals surface area contributed by atoms with E-state index in [0.29, 0.717) is 0 Å². The molecule has 1 fully saturated rings. The van der Waals surface area contributed by atoms with Gasteiger partial charge in [0.2, 0.25) is 0 Å². The van der Waals surface area contributed by atoms with Gasteiger partial charge in [-0.05, 0) is 31.8 Å². The zero-order valence-electron chi connectivity index (χ0n) is 14.5. The summed E-state index contributed by atoms with van der Waals surface area (Å²) in [5.74, 6) is 1.82. The quantitative estimate of drug-likeness (QED) is 0.705. The second kappa shape index (κ2) is 7.45.